The fourth-order valence-electron chi connectivity index (χ4n) is 3.19. The average Bonchev–Trinajstić information content (AvgIpc) is 3.02. The summed E-state index contributed by atoms with van der Waals surface area (Å²) in [4.78, 5) is 7.67. The van der Waals surface area contributed by atoms with Crippen LogP contribution in [0.1, 0.15) is 92.3 Å². The van der Waals surface area contributed by atoms with Gasteiger partial charge in [-0.2, -0.15) is 4.57 Å². The largest absolute Gasteiger partial charge is 0.249 e. The minimum absolute atomic E-state index is 0.519. The molecule has 0 radical (unpaired) electrons. The van der Waals surface area contributed by atoms with Gasteiger partial charge < -0.3 is 0 Å². The van der Waals surface area contributed by atoms with Crippen molar-refractivity contribution in [3.05, 3.63) is 32.2 Å². The van der Waals surface area contributed by atoms with Crippen LogP contribution in [0.25, 0.3) is 0 Å². The Bertz CT molecular complexity index is 635. The lowest BCUT2D eigenvalue weighted by atomic mass is 10.0. The third kappa shape index (κ3) is 3.13. The smallest absolute Gasteiger partial charge is 0.225 e. The Morgan fingerprint density at radius 2 is 1.82 bits per heavy atom. The van der Waals surface area contributed by atoms with E-state index in [1.807, 2.05) is 28.2 Å². The highest BCUT2D eigenvalue weighted by Crippen LogP contribution is 2.43. The first-order valence-electron chi connectivity index (χ1n) is 8.43. The van der Waals surface area contributed by atoms with Gasteiger partial charge in [0.15, 0.2) is 12.2 Å². The fraction of sp³-hybridized carbons (Fsp3) is 0.667. The van der Waals surface area contributed by atoms with E-state index in [-0.39, 0.29) is 0 Å². The SMILES string of the molecule is CC(C)c1ncsc1C(C)C[n+]1csc(C(C)C)c1C1CC1. The van der Waals surface area contributed by atoms with Gasteiger partial charge >= 0.3 is 0 Å². The zero-order valence-corrected chi connectivity index (χ0v) is 15.9. The van der Waals surface area contributed by atoms with Crippen LogP contribution in [-0.4, -0.2) is 4.98 Å². The fourth-order valence-corrected chi connectivity index (χ4v) is 5.30. The minimum atomic E-state index is 0.519. The van der Waals surface area contributed by atoms with E-state index < -0.39 is 0 Å². The molecule has 2 heterocycles. The second-order valence-electron chi connectivity index (χ2n) is 7.21. The number of hydrogen-bond acceptors (Lipinski definition) is 3. The van der Waals surface area contributed by atoms with Crippen molar-refractivity contribution >= 4 is 22.7 Å². The van der Waals surface area contributed by atoms with Crippen molar-refractivity contribution in [2.45, 2.75) is 77.7 Å². The lowest BCUT2D eigenvalue weighted by Gasteiger charge is -2.11. The van der Waals surface area contributed by atoms with Gasteiger partial charge in [0.1, 0.15) is 0 Å². The molecule has 3 rings (SSSR count). The van der Waals surface area contributed by atoms with Gasteiger partial charge in [-0.25, -0.2) is 4.98 Å². The summed E-state index contributed by atoms with van der Waals surface area (Å²) in [6, 6.07) is 0. The molecule has 1 saturated carbocycles. The molecule has 1 fully saturated rings. The molecule has 0 saturated heterocycles. The minimum Gasteiger partial charge on any atom is -0.249 e. The van der Waals surface area contributed by atoms with Crippen molar-refractivity contribution in [2.75, 3.05) is 0 Å². The summed E-state index contributed by atoms with van der Waals surface area (Å²) in [7, 11) is 0. The van der Waals surface area contributed by atoms with Gasteiger partial charge in [0.05, 0.1) is 22.0 Å². The summed E-state index contributed by atoms with van der Waals surface area (Å²) in [5.41, 5.74) is 7.30. The predicted molar refractivity (Wildman–Crippen MR) is 95.2 cm³/mol. The molecule has 2 nitrogen and oxygen atoms in total. The van der Waals surface area contributed by atoms with E-state index >= 15 is 0 Å². The monoisotopic (exact) mass is 335 g/mol. The molecule has 22 heavy (non-hydrogen) atoms. The van der Waals surface area contributed by atoms with Crippen LogP contribution in [-0.2, 0) is 6.54 Å². The number of nitrogens with zero attached hydrogens (tertiary/aromatic N) is 2. The van der Waals surface area contributed by atoms with Crippen LogP contribution < -0.4 is 4.57 Å². The van der Waals surface area contributed by atoms with E-state index in [0.29, 0.717) is 17.8 Å². The molecule has 4 heteroatoms. The summed E-state index contributed by atoms with van der Waals surface area (Å²) in [5, 5.41) is 0. The Morgan fingerprint density at radius 3 is 2.41 bits per heavy atom. The van der Waals surface area contributed by atoms with E-state index in [9.17, 15) is 0 Å². The summed E-state index contributed by atoms with van der Waals surface area (Å²) in [6.45, 7) is 12.6. The molecule has 2 aromatic rings. The zero-order chi connectivity index (χ0) is 15.9. The molecule has 0 bridgehead atoms. The Kier molecular flexibility index (Phi) is 4.69. The number of hydrogen-bond donors (Lipinski definition) is 0. The standard InChI is InChI=1S/C18H27N2S2/c1-11(2)15-18(21-9-19-15)13(5)8-20-10-22-17(12(3)4)16(20)14-6-7-14/h9-14H,6-8H2,1-5H3/q+1. The lowest BCUT2D eigenvalue weighted by Crippen LogP contribution is -2.38. The molecule has 0 spiro atoms. The molecule has 120 valence electrons. The van der Waals surface area contributed by atoms with E-state index in [4.69, 9.17) is 0 Å². The summed E-state index contributed by atoms with van der Waals surface area (Å²) in [5.74, 6) is 2.53. The number of rotatable bonds is 6. The molecule has 1 aliphatic carbocycles. The molecule has 0 N–H and O–H groups in total. The second kappa shape index (κ2) is 6.40. The number of aromatic nitrogens is 2. The van der Waals surface area contributed by atoms with E-state index in [1.165, 1.54) is 23.4 Å². The van der Waals surface area contributed by atoms with Gasteiger partial charge in [0, 0.05) is 10.8 Å². The van der Waals surface area contributed by atoms with Crippen molar-refractivity contribution in [3.8, 4) is 0 Å². The van der Waals surface area contributed by atoms with Crippen LogP contribution in [0.2, 0.25) is 0 Å². The first-order chi connectivity index (χ1) is 10.5. The quantitative estimate of drug-likeness (QED) is 0.644. The first kappa shape index (κ1) is 16.1. The molecule has 0 aromatic carbocycles. The Morgan fingerprint density at radius 1 is 1.09 bits per heavy atom. The van der Waals surface area contributed by atoms with Gasteiger partial charge in [0.25, 0.3) is 0 Å². The van der Waals surface area contributed by atoms with Crippen LogP contribution in [0.15, 0.2) is 11.0 Å². The van der Waals surface area contributed by atoms with Gasteiger partial charge in [-0.1, -0.05) is 46.0 Å². The topological polar surface area (TPSA) is 16.8 Å². The number of thiazole rings is 2. The molecule has 0 aliphatic heterocycles. The second-order valence-corrected chi connectivity index (χ2v) is 8.98. The van der Waals surface area contributed by atoms with Crippen LogP contribution in [0.3, 0.4) is 0 Å². The highest BCUT2D eigenvalue weighted by Gasteiger charge is 2.37. The maximum Gasteiger partial charge on any atom is 0.225 e. The van der Waals surface area contributed by atoms with Gasteiger partial charge in [0.2, 0.25) is 5.51 Å². The van der Waals surface area contributed by atoms with Crippen LogP contribution in [0, 0.1) is 0 Å². The highest BCUT2D eigenvalue weighted by molar-refractivity contribution is 7.10. The molecule has 1 aliphatic rings. The van der Waals surface area contributed by atoms with Gasteiger partial charge in [-0.05, 0) is 24.7 Å². The molecule has 0 amide bonds. The van der Waals surface area contributed by atoms with Crippen molar-refractivity contribution in [2.24, 2.45) is 0 Å². The van der Waals surface area contributed by atoms with Crippen LogP contribution in [0.4, 0.5) is 0 Å². The third-order valence-electron chi connectivity index (χ3n) is 4.45. The first-order valence-corrected chi connectivity index (χ1v) is 10.2. The Labute approximate surface area is 142 Å². The Balaban J connectivity index is 1.85. The van der Waals surface area contributed by atoms with Gasteiger partial charge in [-0.15, -0.1) is 11.3 Å². The van der Waals surface area contributed by atoms with Crippen molar-refractivity contribution in [1.82, 2.24) is 4.98 Å². The normalized spacial score (nSPS) is 16.7. The molecular formula is C18H27N2S2+. The molecule has 1 atom stereocenters. The third-order valence-corrected chi connectivity index (χ3v) is 6.82. The van der Waals surface area contributed by atoms with E-state index in [0.717, 1.165) is 12.5 Å². The molecule has 1 unspecified atom stereocenters. The summed E-state index contributed by atoms with van der Waals surface area (Å²) < 4.78 is 2.55. The van der Waals surface area contributed by atoms with Gasteiger partial charge in [-0.3, -0.25) is 0 Å². The van der Waals surface area contributed by atoms with Crippen molar-refractivity contribution in [1.29, 1.82) is 0 Å². The predicted octanol–water partition coefficient (Wildman–Crippen LogP) is 5.42. The Hall–Kier alpha value is -0.740. The zero-order valence-electron chi connectivity index (χ0n) is 14.3. The van der Waals surface area contributed by atoms with E-state index in [1.54, 1.807) is 10.6 Å². The summed E-state index contributed by atoms with van der Waals surface area (Å²) in [6.07, 6.45) is 2.76. The van der Waals surface area contributed by atoms with Crippen LogP contribution in [0.5, 0.6) is 0 Å². The van der Waals surface area contributed by atoms with Crippen LogP contribution >= 0.6 is 22.7 Å². The maximum atomic E-state index is 4.59. The molecular weight excluding hydrogens is 308 g/mol. The maximum absolute atomic E-state index is 4.59. The van der Waals surface area contributed by atoms with Crippen molar-refractivity contribution < 1.29 is 4.57 Å². The average molecular weight is 336 g/mol. The lowest BCUT2D eigenvalue weighted by molar-refractivity contribution is -0.702. The molecule has 2 aromatic heterocycles. The summed E-state index contributed by atoms with van der Waals surface area (Å²) >= 11 is 3.78. The highest BCUT2D eigenvalue weighted by atomic mass is 32.1. The van der Waals surface area contributed by atoms with E-state index in [2.05, 4.69) is 49.7 Å². The van der Waals surface area contributed by atoms with Crippen molar-refractivity contribution in [3.63, 3.8) is 0 Å².